The van der Waals surface area contributed by atoms with Crippen LogP contribution in [0.25, 0.3) is 22.3 Å². The fourth-order valence-electron chi connectivity index (χ4n) is 5.10. The number of furan rings is 1. The van der Waals surface area contributed by atoms with Crippen molar-refractivity contribution >= 4 is 39.3 Å². The van der Waals surface area contributed by atoms with Crippen molar-refractivity contribution in [3.8, 4) is 11.3 Å². The van der Waals surface area contributed by atoms with Gasteiger partial charge in [-0.25, -0.2) is 17.2 Å². The van der Waals surface area contributed by atoms with Gasteiger partial charge in [0.2, 0.25) is 10.0 Å². The largest absolute Gasteiger partial charge is 0.494 e. The molecule has 2 heterocycles. The smallest absolute Gasteiger partial charge is 0.456 e. The van der Waals surface area contributed by atoms with Crippen molar-refractivity contribution in [1.82, 2.24) is 0 Å². The molecule has 4 aromatic rings. The molecular formula is C28H26BF2NO5S. The van der Waals surface area contributed by atoms with Crippen LogP contribution in [0.15, 0.2) is 59.0 Å². The Kier molecular flexibility index (Phi) is 6.29. The third-order valence-corrected chi connectivity index (χ3v) is 8.41. The molecule has 38 heavy (non-hydrogen) atoms. The highest BCUT2D eigenvalue weighted by Crippen LogP contribution is 2.38. The summed E-state index contributed by atoms with van der Waals surface area (Å²) in [5, 5.41) is 10.7. The van der Waals surface area contributed by atoms with Crippen LogP contribution in [-0.4, -0.2) is 26.8 Å². The number of hydrogen-bond donors (Lipinski definition) is 1. The van der Waals surface area contributed by atoms with Gasteiger partial charge in [0, 0.05) is 22.5 Å². The Morgan fingerprint density at radius 1 is 1.08 bits per heavy atom. The Balaban J connectivity index is 1.43. The molecule has 2 aliphatic rings. The molecule has 0 atom stereocenters. The number of rotatable bonds is 8. The highest BCUT2D eigenvalue weighted by molar-refractivity contribution is 7.92. The van der Waals surface area contributed by atoms with Crippen LogP contribution < -0.4 is 9.77 Å². The summed E-state index contributed by atoms with van der Waals surface area (Å²) in [4.78, 5) is 0. The predicted molar refractivity (Wildman–Crippen MR) is 142 cm³/mol. The Bertz CT molecular complexity index is 1630. The standard InChI is InChI=1S/C28H26BF2NO5S/c1-38(34,35)32(15-18-10-22-16-36-29(33)28(22)24(31)11-18)25-14-27-21(12-20(25)5-4-17-2-3-17)13-26(37-27)19-6-8-23(30)9-7-19/h6-14,17,33H,2-5,15-16H2,1H3. The summed E-state index contributed by atoms with van der Waals surface area (Å²) in [5.41, 5.74) is 3.60. The molecule has 6 nitrogen and oxygen atoms in total. The summed E-state index contributed by atoms with van der Waals surface area (Å²) < 4.78 is 66.9. The minimum atomic E-state index is -3.77. The molecule has 1 fully saturated rings. The van der Waals surface area contributed by atoms with Crippen molar-refractivity contribution in [3.63, 3.8) is 0 Å². The van der Waals surface area contributed by atoms with E-state index in [9.17, 15) is 22.2 Å². The molecule has 0 bridgehead atoms. The summed E-state index contributed by atoms with van der Waals surface area (Å²) in [6, 6.07) is 14.5. The zero-order chi connectivity index (χ0) is 26.6. The molecule has 0 spiro atoms. The van der Waals surface area contributed by atoms with Crippen molar-refractivity contribution in [2.45, 2.75) is 38.8 Å². The fourth-order valence-corrected chi connectivity index (χ4v) is 6.01. The Labute approximate surface area is 220 Å². The van der Waals surface area contributed by atoms with E-state index in [1.165, 1.54) is 35.3 Å². The third-order valence-electron chi connectivity index (χ3n) is 7.28. The highest BCUT2D eigenvalue weighted by atomic mass is 32.2. The SMILES string of the molecule is CS(=O)(=O)N(Cc1cc(F)c2c(c1)COB2O)c1cc2oc(-c3ccc(F)cc3)cc2cc1CCC1CC1. The lowest BCUT2D eigenvalue weighted by Crippen LogP contribution is -2.33. The van der Waals surface area contributed by atoms with Gasteiger partial charge in [-0.15, -0.1) is 0 Å². The number of nitrogens with zero attached hydrogens (tertiary/aromatic N) is 1. The molecule has 1 aliphatic heterocycles. The quantitative estimate of drug-likeness (QED) is 0.324. The van der Waals surface area contributed by atoms with E-state index in [1.54, 1.807) is 24.3 Å². The van der Waals surface area contributed by atoms with Crippen molar-refractivity contribution in [3.05, 3.63) is 82.9 Å². The van der Waals surface area contributed by atoms with E-state index < -0.39 is 23.0 Å². The topological polar surface area (TPSA) is 80.0 Å². The Morgan fingerprint density at radius 3 is 2.55 bits per heavy atom. The third kappa shape index (κ3) is 4.96. The van der Waals surface area contributed by atoms with E-state index in [0.717, 1.165) is 23.6 Å². The van der Waals surface area contributed by atoms with Crippen LogP contribution in [0.1, 0.15) is 36.0 Å². The second-order valence-electron chi connectivity index (χ2n) is 10.2. The molecule has 3 aromatic carbocycles. The number of hydrogen-bond acceptors (Lipinski definition) is 5. The maximum Gasteiger partial charge on any atom is 0.494 e. The van der Waals surface area contributed by atoms with E-state index in [0.29, 0.717) is 46.1 Å². The van der Waals surface area contributed by atoms with E-state index >= 15 is 0 Å². The van der Waals surface area contributed by atoms with Gasteiger partial charge >= 0.3 is 7.12 Å². The van der Waals surface area contributed by atoms with Crippen molar-refractivity contribution < 1.29 is 31.3 Å². The van der Waals surface area contributed by atoms with Gasteiger partial charge < -0.3 is 14.1 Å². The lowest BCUT2D eigenvalue weighted by Gasteiger charge is -2.25. The lowest BCUT2D eigenvalue weighted by molar-refractivity contribution is 0.275. The number of fused-ring (bicyclic) bond motifs is 2. The lowest BCUT2D eigenvalue weighted by atomic mass is 9.78. The first kappa shape index (κ1) is 25.1. The monoisotopic (exact) mass is 537 g/mol. The van der Waals surface area contributed by atoms with Crippen molar-refractivity contribution in [2.75, 3.05) is 10.6 Å². The van der Waals surface area contributed by atoms with Crippen molar-refractivity contribution in [2.24, 2.45) is 5.92 Å². The molecule has 0 radical (unpaired) electrons. The minimum absolute atomic E-state index is 0.0529. The number of sulfonamides is 1. The van der Waals surface area contributed by atoms with E-state index in [2.05, 4.69) is 0 Å². The van der Waals surface area contributed by atoms with Crippen molar-refractivity contribution in [1.29, 1.82) is 0 Å². The van der Waals surface area contributed by atoms with Gasteiger partial charge in [-0.3, -0.25) is 4.31 Å². The van der Waals surface area contributed by atoms with Crippen LogP contribution in [0.5, 0.6) is 0 Å². The highest BCUT2D eigenvalue weighted by Gasteiger charge is 2.32. The van der Waals surface area contributed by atoms with Crippen LogP contribution in [-0.2, 0) is 34.3 Å². The van der Waals surface area contributed by atoms with Crippen LogP contribution in [0.4, 0.5) is 14.5 Å². The van der Waals surface area contributed by atoms with Gasteiger partial charge in [0.25, 0.3) is 0 Å². The average Bonchev–Trinajstić information content (AvgIpc) is 3.49. The minimum Gasteiger partial charge on any atom is -0.456 e. The van der Waals surface area contributed by atoms with E-state index in [4.69, 9.17) is 9.07 Å². The van der Waals surface area contributed by atoms with Gasteiger partial charge in [0.05, 0.1) is 25.1 Å². The predicted octanol–water partition coefficient (Wildman–Crippen LogP) is 4.90. The van der Waals surface area contributed by atoms with Crippen LogP contribution >= 0.6 is 0 Å². The Morgan fingerprint density at radius 2 is 1.84 bits per heavy atom. The van der Waals surface area contributed by atoms with Gasteiger partial charge in [-0.1, -0.05) is 18.9 Å². The van der Waals surface area contributed by atoms with E-state index in [1.807, 2.05) is 12.1 Å². The zero-order valence-electron chi connectivity index (χ0n) is 20.8. The van der Waals surface area contributed by atoms with Gasteiger partial charge in [-0.2, -0.15) is 0 Å². The first-order chi connectivity index (χ1) is 18.2. The summed E-state index contributed by atoms with van der Waals surface area (Å²) in [5.74, 6) is 0.217. The molecule has 0 saturated heterocycles. The second-order valence-corrected chi connectivity index (χ2v) is 12.1. The van der Waals surface area contributed by atoms with Crippen LogP contribution in [0, 0.1) is 17.6 Å². The number of halogens is 2. The molecule has 6 rings (SSSR count). The molecular weight excluding hydrogens is 511 g/mol. The maximum atomic E-state index is 14.8. The van der Waals surface area contributed by atoms with Gasteiger partial charge in [-0.05, 0) is 77.9 Å². The molecule has 0 unspecified atom stereocenters. The number of benzene rings is 3. The number of aryl methyl sites for hydroxylation is 1. The summed E-state index contributed by atoms with van der Waals surface area (Å²) >= 11 is 0. The summed E-state index contributed by atoms with van der Waals surface area (Å²) in [6.45, 7) is -0.0378. The van der Waals surface area contributed by atoms with Crippen LogP contribution in [0.2, 0.25) is 0 Å². The molecule has 1 N–H and O–H groups in total. The number of anilines is 1. The average molecular weight is 537 g/mol. The fraction of sp³-hybridized carbons (Fsp3) is 0.286. The maximum absolute atomic E-state index is 14.8. The Hall–Kier alpha value is -3.21. The van der Waals surface area contributed by atoms with Crippen LogP contribution in [0.3, 0.4) is 0 Å². The van der Waals surface area contributed by atoms with Gasteiger partial charge in [0.1, 0.15) is 23.0 Å². The normalized spacial score (nSPS) is 15.3. The second kappa shape index (κ2) is 9.52. The molecule has 1 aromatic heterocycles. The first-order valence-electron chi connectivity index (χ1n) is 12.6. The van der Waals surface area contributed by atoms with Gasteiger partial charge in [0.15, 0.2) is 0 Å². The first-order valence-corrected chi connectivity index (χ1v) is 14.4. The zero-order valence-corrected chi connectivity index (χ0v) is 21.6. The molecule has 196 valence electrons. The summed E-state index contributed by atoms with van der Waals surface area (Å²) in [6.07, 6.45) is 5.12. The molecule has 10 heteroatoms. The molecule has 0 amide bonds. The van der Waals surface area contributed by atoms with E-state index in [-0.39, 0.29) is 24.4 Å². The molecule has 1 saturated carbocycles. The molecule has 1 aliphatic carbocycles. The summed E-state index contributed by atoms with van der Waals surface area (Å²) in [7, 11) is -5.09.